The average Bonchev–Trinajstić information content (AvgIpc) is 3.08. The Morgan fingerprint density at radius 1 is 0.786 bits per heavy atom. The van der Waals surface area contributed by atoms with Gasteiger partial charge in [0.05, 0.1) is 5.56 Å². The van der Waals surface area contributed by atoms with Gasteiger partial charge in [-0.1, -0.05) is 13.8 Å². The van der Waals surface area contributed by atoms with E-state index >= 15 is 0 Å². The number of anilines is 1. The molecule has 0 aliphatic carbocycles. The molecule has 310 valence electrons. The summed E-state index contributed by atoms with van der Waals surface area (Å²) in [6.45, 7) is 5.16. The Bertz CT molecular complexity index is 1800. The molecule has 0 fully saturated rings. The molecular weight excluding hydrogens is 745 g/mol. The number of hydrogen-bond acceptors (Lipinski definition) is 10. The van der Waals surface area contributed by atoms with E-state index in [9.17, 15) is 46.7 Å². The quantitative estimate of drug-likeness (QED) is 0.0336. The summed E-state index contributed by atoms with van der Waals surface area (Å²) >= 11 is 0. The van der Waals surface area contributed by atoms with Gasteiger partial charge in [-0.25, -0.2) is 4.79 Å². The van der Waals surface area contributed by atoms with Gasteiger partial charge in [-0.05, 0) is 69.5 Å². The van der Waals surface area contributed by atoms with Crippen molar-refractivity contribution in [2.45, 2.75) is 102 Å². The van der Waals surface area contributed by atoms with Crippen molar-refractivity contribution in [2.75, 3.05) is 18.4 Å². The maximum Gasteiger partial charge on any atom is 0.417 e. The molecule has 0 spiro atoms. The van der Waals surface area contributed by atoms with Crippen LogP contribution in [0.15, 0.2) is 38.5 Å². The lowest BCUT2D eigenvalue weighted by Crippen LogP contribution is -2.58. The van der Waals surface area contributed by atoms with Crippen molar-refractivity contribution in [3.05, 3.63) is 40.2 Å². The molecular formula is C35H51F3N10O8. The van der Waals surface area contributed by atoms with Crippen LogP contribution >= 0.6 is 0 Å². The molecule has 2 rings (SSSR count). The Morgan fingerprint density at radius 3 is 1.91 bits per heavy atom. The number of carbonyl (C=O) groups excluding carboxylic acids is 6. The highest BCUT2D eigenvalue weighted by molar-refractivity contribution is 6.00. The number of nitrogens with zero attached hydrogens (tertiary/aromatic N) is 1. The zero-order chi connectivity index (χ0) is 42.2. The zero-order valence-corrected chi connectivity index (χ0v) is 31.4. The summed E-state index contributed by atoms with van der Waals surface area (Å²) in [7, 11) is 0. The molecule has 18 nitrogen and oxygen atoms in total. The normalized spacial score (nSPS) is 13.5. The number of halogens is 3. The van der Waals surface area contributed by atoms with E-state index in [0.29, 0.717) is 25.5 Å². The highest BCUT2D eigenvalue weighted by atomic mass is 19.4. The highest BCUT2D eigenvalue weighted by Gasteiger charge is 2.35. The van der Waals surface area contributed by atoms with Crippen LogP contribution in [-0.4, -0.2) is 78.7 Å². The topological polar surface area (TPSA) is 309 Å². The van der Waals surface area contributed by atoms with Gasteiger partial charge in [0.2, 0.25) is 35.4 Å². The number of guanidine groups is 1. The predicted molar refractivity (Wildman–Crippen MR) is 200 cm³/mol. The molecule has 21 heteroatoms. The smallest absolute Gasteiger partial charge is 0.417 e. The van der Waals surface area contributed by atoms with Gasteiger partial charge < -0.3 is 53.9 Å². The van der Waals surface area contributed by atoms with Crippen molar-refractivity contribution >= 4 is 58.1 Å². The predicted octanol–water partition coefficient (Wildman–Crippen LogP) is 0.204. The van der Waals surface area contributed by atoms with E-state index in [1.807, 2.05) is 0 Å². The second-order valence-corrected chi connectivity index (χ2v) is 13.5. The summed E-state index contributed by atoms with van der Waals surface area (Å²) < 4.78 is 45.6. The molecule has 0 unspecified atom stereocenters. The van der Waals surface area contributed by atoms with Crippen molar-refractivity contribution in [2.24, 2.45) is 33.8 Å². The summed E-state index contributed by atoms with van der Waals surface area (Å²) in [6, 6.07) is -1.47. The summed E-state index contributed by atoms with van der Waals surface area (Å²) in [6.07, 6.45) is -3.99. The average molecular weight is 797 g/mol. The number of nitrogens with two attached hydrogens (primary N) is 4. The van der Waals surface area contributed by atoms with E-state index in [4.69, 9.17) is 27.4 Å². The van der Waals surface area contributed by atoms with Crippen LogP contribution in [0, 0.1) is 5.92 Å². The Hall–Kier alpha value is -5.73. The van der Waals surface area contributed by atoms with E-state index in [-0.39, 0.29) is 62.6 Å². The lowest BCUT2D eigenvalue weighted by molar-refractivity contribution is -0.136. The standard InChI is InChI=1S/C35H51F3N10O8/c1-18(2)15-26(48-32(54)25(11-12-28(40)50)47-31(53)23(44-19(3)49)7-4-5-13-39)33(55)46-24(8-6-14-43-34(41)42)30(52)45-20-9-10-21-22(35(36,37)38)17-29(51)56-27(21)16-20/h9-10,16-18,23-26H,4-8,11-15,39H2,1-3H3,(H2,40,50)(H,44,49)(H,45,52)(H,46,55)(H,47,53)(H,48,54)(H4,41,42,43)/t23-,24-,25-,26-/m1/s1. The SMILES string of the molecule is CC(=O)N[C@H](CCCCN)C(=O)N[C@H](CCC(N)=O)C(=O)N[C@H](CC(C)C)C(=O)N[C@H](CCCN=C(N)N)C(=O)Nc1ccc2c(C(F)(F)F)cc(=O)oc2c1. The van der Waals surface area contributed by atoms with Crippen LogP contribution in [0.4, 0.5) is 18.9 Å². The molecule has 1 aromatic carbocycles. The number of aliphatic imine (C=N–C) groups is 1. The Morgan fingerprint density at radius 2 is 1.36 bits per heavy atom. The molecule has 0 radical (unpaired) electrons. The number of nitrogens with one attached hydrogen (secondary N) is 5. The van der Waals surface area contributed by atoms with Gasteiger partial charge in [-0.2, -0.15) is 13.2 Å². The number of alkyl halides is 3. The zero-order valence-electron chi connectivity index (χ0n) is 31.4. The molecule has 0 saturated heterocycles. The Balaban J connectivity index is 2.38. The first-order valence-corrected chi connectivity index (χ1v) is 17.9. The van der Waals surface area contributed by atoms with E-state index < -0.39 is 87.9 Å². The van der Waals surface area contributed by atoms with Gasteiger partial charge in [0.25, 0.3) is 0 Å². The first-order chi connectivity index (χ1) is 26.2. The van der Waals surface area contributed by atoms with Gasteiger partial charge in [0.1, 0.15) is 29.8 Å². The molecule has 0 aliphatic rings. The fourth-order valence-electron chi connectivity index (χ4n) is 5.56. The first kappa shape index (κ1) is 46.4. The van der Waals surface area contributed by atoms with Crippen LogP contribution < -0.4 is 55.1 Å². The summed E-state index contributed by atoms with van der Waals surface area (Å²) in [5.74, 6) is -4.88. The summed E-state index contributed by atoms with van der Waals surface area (Å²) in [4.78, 5) is 93.5. The minimum atomic E-state index is -4.86. The third kappa shape index (κ3) is 15.9. The molecule has 1 heterocycles. The van der Waals surface area contributed by atoms with E-state index in [0.717, 1.165) is 18.2 Å². The molecule has 6 amide bonds. The second kappa shape index (κ2) is 22.0. The fourth-order valence-corrected chi connectivity index (χ4v) is 5.56. The molecule has 0 saturated carbocycles. The number of rotatable bonds is 22. The van der Waals surface area contributed by atoms with Crippen LogP contribution in [0.5, 0.6) is 0 Å². The Kier molecular flexibility index (Phi) is 18.2. The number of fused-ring (bicyclic) bond motifs is 1. The first-order valence-electron chi connectivity index (χ1n) is 17.9. The Labute approximate surface area is 320 Å². The van der Waals surface area contributed by atoms with E-state index in [1.54, 1.807) is 13.8 Å². The summed E-state index contributed by atoms with van der Waals surface area (Å²) in [5.41, 5.74) is 18.7. The van der Waals surface area contributed by atoms with Crippen molar-refractivity contribution < 1.29 is 46.4 Å². The number of hydrogen-bond donors (Lipinski definition) is 9. The maximum atomic E-state index is 13.8. The van der Waals surface area contributed by atoms with Crippen molar-refractivity contribution in [1.82, 2.24) is 21.3 Å². The monoisotopic (exact) mass is 796 g/mol. The fraction of sp³-hybridized carbons (Fsp3) is 0.543. The van der Waals surface area contributed by atoms with Crippen molar-refractivity contribution in [1.29, 1.82) is 0 Å². The molecule has 0 bridgehead atoms. The van der Waals surface area contributed by atoms with Crippen LogP contribution in [0.2, 0.25) is 0 Å². The number of carbonyl (C=O) groups is 6. The molecule has 2 aromatic rings. The molecule has 0 aliphatic heterocycles. The third-order valence-electron chi connectivity index (χ3n) is 8.19. The maximum absolute atomic E-state index is 13.8. The van der Waals surface area contributed by atoms with Gasteiger partial charge >= 0.3 is 11.8 Å². The highest BCUT2D eigenvalue weighted by Crippen LogP contribution is 2.34. The van der Waals surface area contributed by atoms with Gasteiger partial charge in [0.15, 0.2) is 5.96 Å². The lowest BCUT2D eigenvalue weighted by Gasteiger charge is -2.27. The minimum absolute atomic E-state index is 0.0508. The lowest BCUT2D eigenvalue weighted by atomic mass is 10.0. The van der Waals surface area contributed by atoms with Crippen molar-refractivity contribution in [3.63, 3.8) is 0 Å². The van der Waals surface area contributed by atoms with E-state index in [2.05, 4.69) is 31.6 Å². The molecule has 13 N–H and O–H groups in total. The number of unbranched alkanes of at least 4 members (excludes halogenated alkanes) is 1. The second-order valence-electron chi connectivity index (χ2n) is 13.5. The molecule has 1 aromatic heterocycles. The number of amides is 6. The minimum Gasteiger partial charge on any atom is -0.423 e. The molecule has 4 atom stereocenters. The third-order valence-corrected chi connectivity index (χ3v) is 8.19. The van der Waals surface area contributed by atoms with Crippen LogP contribution in [-0.2, 0) is 34.9 Å². The van der Waals surface area contributed by atoms with Gasteiger partial charge in [-0.3, -0.25) is 33.8 Å². The van der Waals surface area contributed by atoms with Crippen LogP contribution in [0.1, 0.15) is 77.7 Å². The van der Waals surface area contributed by atoms with Crippen LogP contribution in [0.25, 0.3) is 11.0 Å². The largest absolute Gasteiger partial charge is 0.423 e. The molecule has 56 heavy (non-hydrogen) atoms. The van der Waals surface area contributed by atoms with Crippen molar-refractivity contribution in [3.8, 4) is 0 Å². The van der Waals surface area contributed by atoms with Gasteiger partial charge in [0, 0.05) is 43.1 Å². The summed E-state index contributed by atoms with van der Waals surface area (Å²) in [5, 5.41) is 12.3. The van der Waals surface area contributed by atoms with Gasteiger partial charge in [-0.15, -0.1) is 0 Å². The van der Waals surface area contributed by atoms with Crippen LogP contribution in [0.3, 0.4) is 0 Å². The van der Waals surface area contributed by atoms with E-state index in [1.165, 1.54) is 6.92 Å². The number of benzene rings is 1. The number of primary amides is 1.